The molecule has 0 radical (unpaired) electrons. The van der Waals surface area contributed by atoms with E-state index in [4.69, 9.17) is 9.47 Å². The molecule has 1 aromatic heterocycles. The summed E-state index contributed by atoms with van der Waals surface area (Å²) in [5.74, 6) is 0.652. The Hall–Kier alpha value is -1.90. The summed E-state index contributed by atoms with van der Waals surface area (Å²) in [7, 11) is 1.06. The molecule has 2 rings (SSSR count). The smallest absolute Gasteiger partial charge is 0.244 e. The first-order chi connectivity index (χ1) is 10.5. The first-order valence-corrected chi connectivity index (χ1v) is 8.08. The van der Waals surface area contributed by atoms with Crippen LogP contribution < -0.4 is 9.46 Å². The third kappa shape index (κ3) is 3.85. The fourth-order valence-electron chi connectivity index (χ4n) is 2.02. The summed E-state index contributed by atoms with van der Waals surface area (Å²) < 4.78 is 39.2. The predicted octanol–water partition coefficient (Wildman–Crippen LogP) is 1.09. The van der Waals surface area contributed by atoms with Crippen LogP contribution in [0.4, 0.5) is 0 Å². The van der Waals surface area contributed by atoms with Crippen LogP contribution in [-0.4, -0.2) is 39.0 Å². The first-order valence-electron chi connectivity index (χ1n) is 6.60. The first kappa shape index (κ1) is 16.5. The van der Waals surface area contributed by atoms with Crippen LogP contribution in [-0.2, 0) is 21.8 Å². The Labute approximate surface area is 129 Å². The molecule has 2 aromatic rings. The number of aryl methyl sites for hydroxylation is 1. The molecule has 1 atom stereocenters. The number of hydrogen-bond donors (Lipinski definition) is 1. The van der Waals surface area contributed by atoms with E-state index < -0.39 is 16.1 Å². The van der Waals surface area contributed by atoms with Gasteiger partial charge in [0.2, 0.25) is 10.0 Å². The molecule has 0 aliphatic rings. The predicted molar refractivity (Wildman–Crippen MR) is 81.1 cm³/mol. The Morgan fingerprint density at radius 1 is 1.36 bits per heavy atom. The standard InChI is InChI=1S/C14H19N3O4S/c1-17-9-13(8-15-17)22(18,19)16-14(10-20-2)11-5-4-6-12(7-11)21-3/h4-9,14,16H,10H2,1-3H3. The van der Waals surface area contributed by atoms with Crippen LogP contribution in [0, 0.1) is 0 Å². The van der Waals surface area contributed by atoms with Gasteiger partial charge >= 0.3 is 0 Å². The zero-order valence-corrected chi connectivity index (χ0v) is 13.5. The van der Waals surface area contributed by atoms with E-state index in [9.17, 15) is 8.42 Å². The Morgan fingerprint density at radius 2 is 2.14 bits per heavy atom. The molecule has 0 aliphatic carbocycles. The molecule has 0 saturated carbocycles. The summed E-state index contributed by atoms with van der Waals surface area (Å²) in [6, 6.07) is 6.66. The van der Waals surface area contributed by atoms with E-state index in [1.807, 2.05) is 6.07 Å². The van der Waals surface area contributed by atoms with Gasteiger partial charge in [0.05, 0.1) is 26.0 Å². The minimum Gasteiger partial charge on any atom is -0.497 e. The maximum absolute atomic E-state index is 12.4. The van der Waals surface area contributed by atoms with Crippen molar-refractivity contribution >= 4 is 10.0 Å². The molecule has 0 saturated heterocycles. The third-order valence-corrected chi connectivity index (χ3v) is 4.54. The molecule has 120 valence electrons. The number of hydrogen-bond acceptors (Lipinski definition) is 5. The molecule has 0 amide bonds. The van der Waals surface area contributed by atoms with E-state index >= 15 is 0 Å². The SMILES string of the molecule is COCC(NS(=O)(=O)c1cnn(C)c1)c1cccc(OC)c1. The lowest BCUT2D eigenvalue weighted by atomic mass is 10.1. The van der Waals surface area contributed by atoms with Crippen LogP contribution in [0.2, 0.25) is 0 Å². The van der Waals surface area contributed by atoms with Gasteiger partial charge in [0, 0.05) is 20.4 Å². The van der Waals surface area contributed by atoms with Crippen LogP contribution in [0.5, 0.6) is 5.75 Å². The summed E-state index contributed by atoms with van der Waals surface area (Å²) in [6.07, 6.45) is 2.75. The topological polar surface area (TPSA) is 82.5 Å². The maximum atomic E-state index is 12.4. The fourth-order valence-corrected chi connectivity index (χ4v) is 3.21. The minimum absolute atomic E-state index is 0.110. The van der Waals surface area contributed by atoms with Crippen molar-refractivity contribution in [1.82, 2.24) is 14.5 Å². The summed E-state index contributed by atoms with van der Waals surface area (Å²) in [5, 5.41) is 3.88. The van der Waals surface area contributed by atoms with Gasteiger partial charge in [0.1, 0.15) is 10.6 Å². The van der Waals surface area contributed by atoms with E-state index in [-0.39, 0.29) is 11.5 Å². The van der Waals surface area contributed by atoms with Gasteiger partial charge in [-0.15, -0.1) is 0 Å². The van der Waals surface area contributed by atoms with Gasteiger partial charge in [0.15, 0.2) is 0 Å². The Balaban J connectivity index is 2.28. The molecule has 1 unspecified atom stereocenters. The highest BCUT2D eigenvalue weighted by atomic mass is 32.2. The van der Waals surface area contributed by atoms with E-state index in [0.717, 1.165) is 5.56 Å². The van der Waals surface area contributed by atoms with Crippen molar-refractivity contribution in [2.75, 3.05) is 20.8 Å². The summed E-state index contributed by atoms with van der Waals surface area (Å²) in [5.41, 5.74) is 0.758. The maximum Gasteiger partial charge on any atom is 0.244 e. The monoisotopic (exact) mass is 325 g/mol. The Kier molecular flexibility index (Phi) is 5.17. The average Bonchev–Trinajstić information content (AvgIpc) is 2.94. The lowest BCUT2D eigenvalue weighted by molar-refractivity contribution is 0.175. The van der Waals surface area contributed by atoms with Crippen molar-refractivity contribution in [2.24, 2.45) is 7.05 Å². The quantitative estimate of drug-likeness (QED) is 0.824. The highest BCUT2D eigenvalue weighted by molar-refractivity contribution is 7.89. The lowest BCUT2D eigenvalue weighted by Gasteiger charge is -2.18. The van der Waals surface area contributed by atoms with Crippen LogP contribution in [0.3, 0.4) is 0 Å². The molecular weight excluding hydrogens is 306 g/mol. The molecule has 1 N–H and O–H groups in total. The van der Waals surface area contributed by atoms with Crippen molar-refractivity contribution < 1.29 is 17.9 Å². The molecule has 1 aromatic carbocycles. The molecule has 1 heterocycles. The largest absolute Gasteiger partial charge is 0.497 e. The second-order valence-corrected chi connectivity index (χ2v) is 6.47. The van der Waals surface area contributed by atoms with Gasteiger partial charge < -0.3 is 9.47 Å². The summed E-state index contributed by atoms with van der Waals surface area (Å²) in [4.78, 5) is 0.110. The second kappa shape index (κ2) is 6.91. The highest BCUT2D eigenvalue weighted by Crippen LogP contribution is 2.21. The average molecular weight is 325 g/mol. The van der Waals surface area contributed by atoms with E-state index in [0.29, 0.717) is 5.75 Å². The zero-order chi connectivity index (χ0) is 16.2. The number of sulfonamides is 1. The summed E-state index contributed by atoms with van der Waals surface area (Å²) in [6.45, 7) is 0.201. The molecule has 8 heteroatoms. The van der Waals surface area contributed by atoms with Crippen LogP contribution >= 0.6 is 0 Å². The molecule has 0 aliphatic heterocycles. The number of ether oxygens (including phenoxy) is 2. The Morgan fingerprint density at radius 3 is 2.73 bits per heavy atom. The lowest BCUT2D eigenvalue weighted by Crippen LogP contribution is -2.31. The van der Waals surface area contributed by atoms with Crippen LogP contribution in [0.15, 0.2) is 41.6 Å². The van der Waals surface area contributed by atoms with Gasteiger partial charge in [-0.25, -0.2) is 13.1 Å². The van der Waals surface area contributed by atoms with Crippen molar-refractivity contribution in [3.05, 3.63) is 42.2 Å². The van der Waals surface area contributed by atoms with Gasteiger partial charge in [-0.2, -0.15) is 5.10 Å². The number of methoxy groups -OCH3 is 2. The Bertz CT molecular complexity index is 727. The van der Waals surface area contributed by atoms with Crippen LogP contribution in [0.1, 0.15) is 11.6 Å². The molecule has 0 fully saturated rings. The number of nitrogens with zero attached hydrogens (tertiary/aromatic N) is 2. The third-order valence-electron chi connectivity index (χ3n) is 3.12. The number of nitrogens with one attached hydrogen (secondary N) is 1. The van der Waals surface area contributed by atoms with Gasteiger partial charge in [-0.1, -0.05) is 12.1 Å². The van der Waals surface area contributed by atoms with Crippen molar-refractivity contribution in [3.8, 4) is 5.75 Å². The normalized spacial score (nSPS) is 13.0. The van der Waals surface area contributed by atoms with E-state index in [2.05, 4.69) is 9.82 Å². The zero-order valence-electron chi connectivity index (χ0n) is 12.7. The highest BCUT2D eigenvalue weighted by Gasteiger charge is 2.23. The van der Waals surface area contributed by atoms with E-state index in [1.54, 1.807) is 32.4 Å². The van der Waals surface area contributed by atoms with Crippen molar-refractivity contribution in [3.63, 3.8) is 0 Å². The minimum atomic E-state index is -3.68. The molecule has 0 bridgehead atoms. The molecule has 22 heavy (non-hydrogen) atoms. The van der Waals surface area contributed by atoms with E-state index in [1.165, 1.54) is 24.2 Å². The van der Waals surface area contributed by atoms with Crippen molar-refractivity contribution in [1.29, 1.82) is 0 Å². The number of aromatic nitrogens is 2. The second-order valence-electron chi connectivity index (χ2n) is 4.76. The molecule has 0 spiro atoms. The summed E-state index contributed by atoms with van der Waals surface area (Å²) >= 11 is 0. The van der Waals surface area contributed by atoms with Gasteiger partial charge in [-0.3, -0.25) is 4.68 Å². The molecule has 7 nitrogen and oxygen atoms in total. The van der Waals surface area contributed by atoms with Crippen molar-refractivity contribution in [2.45, 2.75) is 10.9 Å². The van der Waals surface area contributed by atoms with Gasteiger partial charge in [0.25, 0.3) is 0 Å². The van der Waals surface area contributed by atoms with Crippen LogP contribution in [0.25, 0.3) is 0 Å². The number of benzene rings is 1. The fraction of sp³-hybridized carbons (Fsp3) is 0.357. The van der Waals surface area contributed by atoms with Gasteiger partial charge in [-0.05, 0) is 17.7 Å². The number of rotatable bonds is 7. The molecular formula is C14H19N3O4S.